The van der Waals surface area contributed by atoms with Gasteiger partial charge >= 0.3 is 0 Å². The van der Waals surface area contributed by atoms with Gasteiger partial charge in [-0.25, -0.2) is 0 Å². The number of hydrogen-bond acceptors (Lipinski definition) is 3. The summed E-state index contributed by atoms with van der Waals surface area (Å²) in [5.74, 6) is 0.941. The Kier molecular flexibility index (Phi) is 6.16. The fourth-order valence-electron chi connectivity index (χ4n) is 1.72. The summed E-state index contributed by atoms with van der Waals surface area (Å²) in [5, 5.41) is 7.00. The Morgan fingerprint density at radius 3 is 2.76 bits per heavy atom. The Balaban J connectivity index is 0.000000686. The van der Waals surface area contributed by atoms with Crippen molar-refractivity contribution in [1.82, 2.24) is 0 Å². The smallest absolute Gasteiger partial charge is 0.137 e. The van der Waals surface area contributed by atoms with Crippen LogP contribution in [0.1, 0.15) is 17.5 Å². The predicted octanol–water partition coefficient (Wildman–Crippen LogP) is 2.89. The highest BCUT2D eigenvalue weighted by Crippen LogP contribution is 2.41. The number of carbonyl (C=O) groups excluding carboxylic acids is 1. The number of aldehydes is 1. The molecule has 0 fully saturated rings. The highest BCUT2D eigenvalue weighted by atomic mass is 79.9. The average Bonchev–Trinajstić information content (AvgIpc) is 2.83. The number of ether oxygens (including phenoxy) is 1. The Morgan fingerprint density at radius 2 is 2.12 bits per heavy atom. The molecule has 3 nitrogen and oxygen atoms in total. The van der Waals surface area contributed by atoms with Crippen LogP contribution in [0.5, 0.6) is 5.75 Å². The van der Waals surface area contributed by atoms with Gasteiger partial charge in [0, 0.05) is 24.4 Å². The molecule has 0 bridgehead atoms. The summed E-state index contributed by atoms with van der Waals surface area (Å²) in [6, 6.07) is 2.13. The maximum absolute atomic E-state index is 10.4. The van der Waals surface area contributed by atoms with Gasteiger partial charge in [-0.15, -0.1) is 0 Å². The number of benzene rings is 1. The minimum atomic E-state index is 0.560. The zero-order valence-corrected chi connectivity index (χ0v) is 12.7. The number of carbonyl (C=O) groups is 1. The SMILES string of the molecule is CO.O=CCCc1cc2c(c(Br)c1Br)OCC2. The van der Waals surface area contributed by atoms with Crippen LogP contribution in [-0.2, 0) is 17.6 Å². The predicted molar refractivity (Wildman–Crippen MR) is 73.6 cm³/mol. The van der Waals surface area contributed by atoms with E-state index in [4.69, 9.17) is 9.84 Å². The zero-order chi connectivity index (χ0) is 12.8. The van der Waals surface area contributed by atoms with Gasteiger partial charge in [0.2, 0.25) is 0 Å². The van der Waals surface area contributed by atoms with Gasteiger partial charge in [-0.3, -0.25) is 0 Å². The van der Waals surface area contributed by atoms with E-state index in [9.17, 15) is 4.79 Å². The van der Waals surface area contributed by atoms with E-state index in [0.717, 1.165) is 47.5 Å². The van der Waals surface area contributed by atoms with Crippen LogP contribution in [0, 0.1) is 0 Å². The van der Waals surface area contributed by atoms with Crippen molar-refractivity contribution in [3.8, 4) is 5.75 Å². The quantitative estimate of drug-likeness (QED) is 0.838. The molecule has 1 heterocycles. The van der Waals surface area contributed by atoms with Crippen molar-refractivity contribution in [3.05, 3.63) is 26.1 Å². The van der Waals surface area contributed by atoms with E-state index in [2.05, 4.69) is 37.9 Å². The summed E-state index contributed by atoms with van der Waals surface area (Å²) in [6.07, 6.45) is 3.24. The third-order valence-corrected chi connectivity index (χ3v) is 4.66. The van der Waals surface area contributed by atoms with Crippen molar-refractivity contribution in [2.45, 2.75) is 19.3 Å². The molecule has 1 aromatic carbocycles. The van der Waals surface area contributed by atoms with E-state index in [1.807, 2.05) is 0 Å². The lowest BCUT2D eigenvalue weighted by atomic mass is 10.1. The second kappa shape index (κ2) is 7.13. The minimum absolute atomic E-state index is 0.560. The molecular formula is C12H14Br2O3. The molecule has 1 aliphatic heterocycles. The number of aliphatic hydroxyl groups is 1. The summed E-state index contributed by atoms with van der Waals surface area (Å²) < 4.78 is 7.50. The normalized spacial score (nSPS) is 12.2. The number of aryl methyl sites for hydroxylation is 1. The monoisotopic (exact) mass is 364 g/mol. The molecule has 0 aliphatic carbocycles. The highest BCUT2D eigenvalue weighted by Gasteiger charge is 2.19. The standard InChI is InChI=1S/C11H10Br2O2.CH4O/c12-9-7(2-1-4-14)6-8-3-5-15-11(8)10(9)13;1-2/h4,6H,1-3,5H2;2H,1H3. The summed E-state index contributed by atoms with van der Waals surface area (Å²) >= 11 is 7.03. The number of fused-ring (bicyclic) bond motifs is 1. The van der Waals surface area contributed by atoms with Crippen molar-refractivity contribution in [1.29, 1.82) is 0 Å². The van der Waals surface area contributed by atoms with Crippen LogP contribution in [0.15, 0.2) is 15.0 Å². The number of halogens is 2. The first-order valence-electron chi connectivity index (χ1n) is 5.25. The van der Waals surface area contributed by atoms with Crippen LogP contribution in [0.2, 0.25) is 0 Å². The summed E-state index contributed by atoms with van der Waals surface area (Å²) in [6.45, 7) is 0.748. The molecule has 1 N–H and O–H groups in total. The molecule has 2 rings (SSSR count). The van der Waals surface area contributed by atoms with E-state index in [1.165, 1.54) is 11.1 Å². The largest absolute Gasteiger partial charge is 0.492 e. The van der Waals surface area contributed by atoms with Gasteiger partial charge in [0.05, 0.1) is 11.1 Å². The average molecular weight is 366 g/mol. The molecule has 0 radical (unpaired) electrons. The van der Waals surface area contributed by atoms with Gasteiger partial charge in [0.1, 0.15) is 12.0 Å². The van der Waals surface area contributed by atoms with Crippen molar-refractivity contribution >= 4 is 38.1 Å². The van der Waals surface area contributed by atoms with Gasteiger partial charge < -0.3 is 14.6 Å². The maximum atomic E-state index is 10.4. The second-order valence-electron chi connectivity index (χ2n) is 3.46. The maximum Gasteiger partial charge on any atom is 0.137 e. The lowest BCUT2D eigenvalue weighted by Crippen LogP contribution is -1.92. The van der Waals surface area contributed by atoms with Crippen LogP contribution in [0.4, 0.5) is 0 Å². The third-order valence-electron chi connectivity index (χ3n) is 2.46. The Labute approximate surface area is 117 Å². The first-order chi connectivity index (χ1) is 8.24. The number of hydrogen-bond donors (Lipinski definition) is 1. The molecule has 1 aliphatic rings. The second-order valence-corrected chi connectivity index (χ2v) is 5.04. The van der Waals surface area contributed by atoms with E-state index in [0.29, 0.717) is 6.42 Å². The van der Waals surface area contributed by atoms with Crippen LogP contribution < -0.4 is 4.74 Å². The van der Waals surface area contributed by atoms with Crippen LogP contribution in [0.25, 0.3) is 0 Å². The summed E-state index contributed by atoms with van der Waals surface area (Å²) in [7, 11) is 1.00. The van der Waals surface area contributed by atoms with Crippen LogP contribution >= 0.6 is 31.9 Å². The molecule has 0 amide bonds. The van der Waals surface area contributed by atoms with Gasteiger partial charge in [-0.05, 0) is 49.4 Å². The summed E-state index contributed by atoms with van der Waals surface area (Å²) in [5.41, 5.74) is 2.39. The van der Waals surface area contributed by atoms with Gasteiger partial charge in [-0.2, -0.15) is 0 Å². The third kappa shape index (κ3) is 3.30. The Morgan fingerprint density at radius 1 is 1.41 bits per heavy atom. The summed E-state index contributed by atoms with van der Waals surface area (Å²) in [4.78, 5) is 10.4. The topological polar surface area (TPSA) is 46.5 Å². The minimum Gasteiger partial charge on any atom is -0.492 e. The highest BCUT2D eigenvalue weighted by molar-refractivity contribution is 9.13. The van der Waals surface area contributed by atoms with Crippen molar-refractivity contribution in [3.63, 3.8) is 0 Å². The van der Waals surface area contributed by atoms with E-state index in [1.54, 1.807) is 0 Å². The lowest BCUT2D eigenvalue weighted by Gasteiger charge is -2.09. The van der Waals surface area contributed by atoms with Gasteiger partial charge in [0.15, 0.2) is 0 Å². The van der Waals surface area contributed by atoms with Crippen molar-refractivity contribution in [2.75, 3.05) is 13.7 Å². The Bertz CT molecular complexity index is 405. The van der Waals surface area contributed by atoms with Crippen molar-refractivity contribution < 1.29 is 14.6 Å². The Hall–Kier alpha value is -0.390. The molecule has 0 aromatic heterocycles. The molecule has 0 saturated heterocycles. The van der Waals surface area contributed by atoms with Gasteiger partial charge in [-0.1, -0.05) is 6.07 Å². The fourth-order valence-corrected chi connectivity index (χ4v) is 2.84. The fraction of sp³-hybridized carbons (Fsp3) is 0.417. The molecule has 0 unspecified atom stereocenters. The van der Waals surface area contributed by atoms with Gasteiger partial charge in [0.25, 0.3) is 0 Å². The molecular weight excluding hydrogens is 352 g/mol. The first kappa shape index (κ1) is 14.7. The van der Waals surface area contributed by atoms with E-state index < -0.39 is 0 Å². The molecule has 17 heavy (non-hydrogen) atoms. The molecule has 5 heteroatoms. The molecule has 94 valence electrons. The number of aliphatic hydroxyl groups excluding tert-OH is 1. The van der Waals surface area contributed by atoms with Crippen molar-refractivity contribution in [2.24, 2.45) is 0 Å². The molecule has 1 aromatic rings. The molecule has 0 saturated carbocycles. The first-order valence-corrected chi connectivity index (χ1v) is 6.83. The lowest BCUT2D eigenvalue weighted by molar-refractivity contribution is -0.107. The molecule has 0 spiro atoms. The van der Waals surface area contributed by atoms with E-state index >= 15 is 0 Å². The molecule has 0 atom stereocenters. The van der Waals surface area contributed by atoms with Crippen LogP contribution in [0.3, 0.4) is 0 Å². The zero-order valence-electron chi connectivity index (χ0n) is 9.50. The van der Waals surface area contributed by atoms with Crippen LogP contribution in [-0.4, -0.2) is 25.1 Å². The van der Waals surface area contributed by atoms with E-state index in [-0.39, 0.29) is 0 Å². The number of rotatable bonds is 3.